The number of thioether (sulfide) groups is 1. The molecule has 2 aliphatic heterocycles. The zero-order valence-corrected chi connectivity index (χ0v) is 13.0. The van der Waals surface area contributed by atoms with Crippen LogP contribution in [0.1, 0.15) is 12.6 Å². The lowest BCUT2D eigenvalue weighted by Crippen LogP contribution is -2.56. The number of hydrogen-bond donors (Lipinski definition) is 1. The zero-order chi connectivity index (χ0) is 16.6. The first-order valence-corrected chi connectivity index (χ1v) is 7.94. The van der Waals surface area contributed by atoms with Crippen molar-refractivity contribution in [3.05, 3.63) is 17.5 Å². The lowest BCUT2D eigenvalue weighted by atomic mass is 10.0. The van der Waals surface area contributed by atoms with E-state index in [1.54, 1.807) is 12.3 Å². The number of aliphatic carboxylic acids is 1. The number of carbonyl (C=O) groups is 3. The standard InChI is InChI=1S/C13H14N4O5S/c1-7(18)22-3-2-16-5-8(14-15-16)4-9-11(19)17-10(13(20)21)6-23-12(9)17/h4-5,10,12H,2-3,6H2,1H3,(H,20,21)/b9-4-/t10?,12-/m1/s1. The highest BCUT2D eigenvalue weighted by atomic mass is 32.2. The molecular weight excluding hydrogens is 324 g/mol. The number of hydrogen-bond acceptors (Lipinski definition) is 7. The number of nitrogens with zero attached hydrogens (tertiary/aromatic N) is 4. The van der Waals surface area contributed by atoms with Crippen molar-refractivity contribution in [1.29, 1.82) is 0 Å². The maximum absolute atomic E-state index is 12.1. The molecule has 122 valence electrons. The Balaban J connectivity index is 1.65. The molecule has 0 aromatic carbocycles. The van der Waals surface area contributed by atoms with Gasteiger partial charge in [0, 0.05) is 12.7 Å². The number of esters is 1. The van der Waals surface area contributed by atoms with Crippen molar-refractivity contribution in [3.63, 3.8) is 0 Å². The van der Waals surface area contributed by atoms with Crippen LogP contribution in [0.3, 0.4) is 0 Å². The maximum atomic E-state index is 12.1. The Morgan fingerprint density at radius 3 is 3.04 bits per heavy atom. The summed E-state index contributed by atoms with van der Waals surface area (Å²) in [4.78, 5) is 35.2. The molecule has 0 bridgehead atoms. The van der Waals surface area contributed by atoms with Crippen LogP contribution in [0, 0.1) is 0 Å². The Bertz CT molecular complexity index is 700. The third kappa shape index (κ3) is 2.93. The van der Waals surface area contributed by atoms with Crippen LogP contribution in [0.5, 0.6) is 0 Å². The molecule has 3 heterocycles. The molecule has 0 aliphatic carbocycles. The summed E-state index contributed by atoms with van der Waals surface area (Å²) in [7, 11) is 0. The monoisotopic (exact) mass is 338 g/mol. The first-order chi connectivity index (χ1) is 11.0. The van der Waals surface area contributed by atoms with Crippen molar-refractivity contribution < 1.29 is 24.2 Å². The molecule has 0 saturated carbocycles. The van der Waals surface area contributed by atoms with Crippen LogP contribution < -0.4 is 0 Å². The van der Waals surface area contributed by atoms with Crippen LogP contribution in [0.15, 0.2) is 11.8 Å². The number of amides is 1. The van der Waals surface area contributed by atoms with Gasteiger partial charge in [0.15, 0.2) is 0 Å². The van der Waals surface area contributed by atoms with E-state index in [0.717, 1.165) is 0 Å². The molecule has 1 unspecified atom stereocenters. The summed E-state index contributed by atoms with van der Waals surface area (Å²) < 4.78 is 6.33. The molecule has 2 fully saturated rings. The molecule has 2 atom stereocenters. The van der Waals surface area contributed by atoms with Crippen LogP contribution in [-0.2, 0) is 25.7 Å². The molecule has 0 spiro atoms. The van der Waals surface area contributed by atoms with Gasteiger partial charge in [-0.1, -0.05) is 5.21 Å². The normalized spacial score (nSPS) is 24.5. The Kier molecular flexibility index (Phi) is 4.07. The fraction of sp³-hybridized carbons (Fsp3) is 0.462. The van der Waals surface area contributed by atoms with E-state index < -0.39 is 12.0 Å². The van der Waals surface area contributed by atoms with Gasteiger partial charge in [-0.2, -0.15) is 0 Å². The van der Waals surface area contributed by atoms with Gasteiger partial charge < -0.3 is 14.7 Å². The zero-order valence-electron chi connectivity index (χ0n) is 12.2. The summed E-state index contributed by atoms with van der Waals surface area (Å²) in [6.45, 7) is 1.89. The number of aromatic nitrogens is 3. The van der Waals surface area contributed by atoms with E-state index in [4.69, 9.17) is 9.84 Å². The molecular formula is C13H14N4O5S. The number of ether oxygens (including phenoxy) is 1. The molecule has 3 rings (SSSR count). The lowest BCUT2D eigenvalue weighted by Gasteiger charge is -2.38. The van der Waals surface area contributed by atoms with Crippen molar-refractivity contribution >= 4 is 35.7 Å². The van der Waals surface area contributed by atoms with Crippen LogP contribution in [0.2, 0.25) is 0 Å². The molecule has 23 heavy (non-hydrogen) atoms. The van der Waals surface area contributed by atoms with Gasteiger partial charge in [-0.3, -0.25) is 9.59 Å². The molecule has 1 aromatic rings. The van der Waals surface area contributed by atoms with E-state index in [1.807, 2.05) is 0 Å². The second-order valence-corrected chi connectivity index (χ2v) is 6.21. The van der Waals surface area contributed by atoms with Crippen molar-refractivity contribution in [2.24, 2.45) is 0 Å². The third-order valence-electron chi connectivity index (χ3n) is 3.52. The largest absolute Gasteiger partial charge is 0.480 e. The molecule has 1 aromatic heterocycles. The molecule has 2 saturated heterocycles. The number of β-lactam (4-membered cyclic amide) rings is 1. The van der Waals surface area contributed by atoms with Crippen LogP contribution >= 0.6 is 11.8 Å². The predicted molar refractivity (Wildman–Crippen MR) is 79.1 cm³/mol. The van der Waals surface area contributed by atoms with Gasteiger partial charge in [-0.25, -0.2) is 9.48 Å². The van der Waals surface area contributed by atoms with Crippen molar-refractivity contribution in [2.75, 3.05) is 12.4 Å². The first kappa shape index (κ1) is 15.5. The number of carbonyl (C=O) groups excluding carboxylic acids is 2. The van der Waals surface area contributed by atoms with Crippen LogP contribution in [-0.4, -0.2) is 66.6 Å². The van der Waals surface area contributed by atoms with E-state index in [1.165, 1.54) is 28.3 Å². The van der Waals surface area contributed by atoms with E-state index >= 15 is 0 Å². The Hall–Kier alpha value is -2.36. The van der Waals surface area contributed by atoms with E-state index in [-0.39, 0.29) is 23.9 Å². The predicted octanol–water partition coefficient (Wildman–Crippen LogP) is -0.407. The summed E-state index contributed by atoms with van der Waals surface area (Å²) in [5.41, 5.74) is 1.04. The quantitative estimate of drug-likeness (QED) is 0.438. The van der Waals surface area contributed by atoms with Crippen LogP contribution in [0.4, 0.5) is 0 Å². The maximum Gasteiger partial charge on any atom is 0.327 e. The second-order valence-electron chi connectivity index (χ2n) is 5.10. The van der Waals surface area contributed by atoms with Gasteiger partial charge in [0.2, 0.25) is 0 Å². The minimum Gasteiger partial charge on any atom is -0.480 e. The van der Waals surface area contributed by atoms with Crippen LogP contribution in [0.25, 0.3) is 6.08 Å². The lowest BCUT2D eigenvalue weighted by molar-refractivity contribution is -0.150. The highest BCUT2D eigenvalue weighted by molar-refractivity contribution is 8.00. The van der Waals surface area contributed by atoms with Gasteiger partial charge in [0.05, 0.1) is 18.3 Å². The highest BCUT2D eigenvalue weighted by Gasteiger charge is 2.53. The molecule has 1 amide bonds. The summed E-state index contributed by atoms with van der Waals surface area (Å²) >= 11 is 1.43. The average molecular weight is 338 g/mol. The molecule has 9 nitrogen and oxygen atoms in total. The van der Waals surface area contributed by atoms with Gasteiger partial charge in [-0.15, -0.1) is 16.9 Å². The van der Waals surface area contributed by atoms with Gasteiger partial charge in [0.1, 0.15) is 23.7 Å². The molecule has 10 heteroatoms. The SMILES string of the molecule is CC(=O)OCCn1cc(/C=C2/C(=O)N3C(C(=O)O)CS[C@H]23)nn1. The molecule has 1 N–H and O–H groups in total. The summed E-state index contributed by atoms with van der Waals surface area (Å²) in [5, 5.41) is 16.7. The minimum atomic E-state index is -0.983. The van der Waals surface area contributed by atoms with E-state index in [2.05, 4.69) is 10.3 Å². The minimum absolute atomic E-state index is 0.195. The van der Waals surface area contributed by atoms with E-state index in [0.29, 0.717) is 23.6 Å². The average Bonchev–Trinajstić information content (AvgIpc) is 3.08. The van der Waals surface area contributed by atoms with Gasteiger partial charge in [0.25, 0.3) is 5.91 Å². The van der Waals surface area contributed by atoms with Gasteiger partial charge >= 0.3 is 11.9 Å². The first-order valence-electron chi connectivity index (χ1n) is 6.89. The number of carboxylic acid groups (broad SMARTS) is 1. The topological polar surface area (TPSA) is 115 Å². The fourth-order valence-electron chi connectivity index (χ4n) is 2.44. The molecule has 2 aliphatic rings. The number of rotatable bonds is 5. The summed E-state index contributed by atoms with van der Waals surface area (Å²) in [6, 6.07) is -0.755. The second kappa shape index (κ2) is 6.03. The number of fused-ring (bicyclic) bond motifs is 1. The van der Waals surface area contributed by atoms with Crippen molar-refractivity contribution in [1.82, 2.24) is 19.9 Å². The summed E-state index contributed by atoms with van der Waals surface area (Å²) in [6.07, 6.45) is 3.26. The summed E-state index contributed by atoms with van der Waals surface area (Å²) in [5.74, 6) is -1.23. The molecule has 0 radical (unpaired) electrons. The van der Waals surface area contributed by atoms with Gasteiger partial charge in [-0.05, 0) is 6.08 Å². The Morgan fingerprint density at radius 1 is 1.57 bits per heavy atom. The van der Waals surface area contributed by atoms with E-state index in [9.17, 15) is 14.4 Å². The number of carboxylic acids is 1. The third-order valence-corrected chi connectivity index (χ3v) is 4.82. The Morgan fingerprint density at radius 2 is 2.35 bits per heavy atom. The fourth-order valence-corrected chi connectivity index (χ4v) is 3.86. The van der Waals surface area contributed by atoms with Crippen molar-refractivity contribution in [2.45, 2.75) is 24.9 Å². The highest BCUT2D eigenvalue weighted by Crippen LogP contribution is 2.43. The smallest absolute Gasteiger partial charge is 0.327 e. The van der Waals surface area contributed by atoms with Crippen molar-refractivity contribution in [3.8, 4) is 0 Å². The Labute approximate surface area is 135 Å².